The first-order chi connectivity index (χ1) is 7.85. The summed E-state index contributed by atoms with van der Waals surface area (Å²) in [6.07, 6.45) is 3.25. The zero-order valence-corrected chi connectivity index (χ0v) is 9.05. The highest BCUT2D eigenvalue weighted by Crippen LogP contribution is 2.25. The van der Waals surface area contributed by atoms with Gasteiger partial charge in [-0.2, -0.15) is 0 Å². The fraction of sp³-hybridized carbons (Fsp3) is 0.167. The van der Waals surface area contributed by atoms with Crippen molar-refractivity contribution in [3.8, 4) is 17.1 Å². The second-order valence-corrected chi connectivity index (χ2v) is 3.32. The van der Waals surface area contributed by atoms with Crippen LogP contribution in [0.5, 0.6) is 5.88 Å². The second-order valence-electron chi connectivity index (χ2n) is 3.32. The van der Waals surface area contributed by atoms with Crippen molar-refractivity contribution in [1.82, 2.24) is 9.97 Å². The smallest absolute Gasteiger partial charge is 0.240 e. The van der Waals surface area contributed by atoms with Gasteiger partial charge >= 0.3 is 0 Å². The Morgan fingerprint density at radius 3 is 2.81 bits per heavy atom. The molecule has 0 aliphatic rings. The minimum atomic E-state index is 0.510. The summed E-state index contributed by atoms with van der Waals surface area (Å²) < 4.78 is 5.17. The van der Waals surface area contributed by atoms with Gasteiger partial charge in [-0.1, -0.05) is 18.2 Å². The van der Waals surface area contributed by atoms with E-state index in [4.69, 9.17) is 10.5 Å². The van der Waals surface area contributed by atoms with Crippen LogP contribution in [0, 0.1) is 0 Å². The van der Waals surface area contributed by atoms with Crippen molar-refractivity contribution in [3.05, 3.63) is 42.2 Å². The SMILES string of the molecule is COc1nccnc1-c1cccc(CN)c1. The Balaban J connectivity index is 2.49. The molecule has 0 bridgehead atoms. The minimum absolute atomic E-state index is 0.510. The van der Waals surface area contributed by atoms with E-state index in [1.807, 2.05) is 24.3 Å². The lowest BCUT2D eigenvalue weighted by molar-refractivity contribution is 0.398. The molecule has 1 aromatic heterocycles. The normalized spacial score (nSPS) is 10.1. The molecule has 2 aromatic rings. The molecule has 2 N–H and O–H groups in total. The van der Waals surface area contributed by atoms with Crippen LogP contribution < -0.4 is 10.5 Å². The van der Waals surface area contributed by atoms with Gasteiger partial charge in [-0.3, -0.25) is 0 Å². The summed E-state index contributed by atoms with van der Waals surface area (Å²) in [7, 11) is 1.58. The summed E-state index contributed by atoms with van der Waals surface area (Å²) in [5.41, 5.74) is 8.36. The van der Waals surface area contributed by atoms with Crippen molar-refractivity contribution >= 4 is 0 Å². The summed E-state index contributed by atoms with van der Waals surface area (Å²) in [5.74, 6) is 0.525. The van der Waals surface area contributed by atoms with Gasteiger partial charge in [0.2, 0.25) is 5.88 Å². The summed E-state index contributed by atoms with van der Waals surface area (Å²) in [6.45, 7) is 0.510. The van der Waals surface area contributed by atoms with Gasteiger partial charge in [0.15, 0.2) is 0 Å². The van der Waals surface area contributed by atoms with E-state index >= 15 is 0 Å². The third-order valence-electron chi connectivity index (χ3n) is 2.29. The fourth-order valence-corrected chi connectivity index (χ4v) is 1.52. The maximum Gasteiger partial charge on any atom is 0.240 e. The first-order valence-corrected chi connectivity index (χ1v) is 4.99. The standard InChI is InChI=1S/C12H13N3O/c1-16-12-11(14-5-6-15-12)10-4-2-3-9(7-10)8-13/h2-7H,8,13H2,1H3. The first-order valence-electron chi connectivity index (χ1n) is 4.99. The number of aromatic nitrogens is 2. The zero-order valence-electron chi connectivity index (χ0n) is 9.05. The van der Waals surface area contributed by atoms with Gasteiger partial charge in [0, 0.05) is 24.5 Å². The lowest BCUT2D eigenvalue weighted by atomic mass is 10.1. The Morgan fingerprint density at radius 2 is 2.06 bits per heavy atom. The molecule has 4 nitrogen and oxygen atoms in total. The molecule has 0 spiro atoms. The van der Waals surface area contributed by atoms with E-state index < -0.39 is 0 Å². The Morgan fingerprint density at radius 1 is 1.25 bits per heavy atom. The van der Waals surface area contributed by atoms with E-state index in [0.717, 1.165) is 16.8 Å². The number of ether oxygens (including phenoxy) is 1. The molecule has 0 radical (unpaired) electrons. The molecule has 16 heavy (non-hydrogen) atoms. The monoisotopic (exact) mass is 215 g/mol. The largest absolute Gasteiger partial charge is 0.479 e. The maximum absolute atomic E-state index is 5.60. The lowest BCUT2D eigenvalue weighted by Gasteiger charge is -2.06. The van der Waals surface area contributed by atoms with E-state index in [-0.39, 0.29) is 0 Å². The summed E-state index contributed by atoms with van der Waals surface area (Å²) >= 11 is 0. The number of nitrogens with two attached hydrogens (primary N) is 1. The molecule has 0 aliphatic carbocycles. The van der Waals surface area contributed by atoms with Crippen LogP contribution in [-0.4, -0.2) is 17.1 Å². The van der Waals surface area contributed by atoms with E-state index in [9.17, 15) is 0 Å². The molecule has 2 rings (SSSR count). The zero-order chi connectivity index (χ0) is 11.4. The highest BCUT2D eigenvalue weighted by molar-refractivity contribution is 5.64. The number of hydrogen-bond donors (Lipinski definition) is 1. The number of methoxy groups -OCH3 is 1. The summed E-state index contributed by atoms with van der Waals surface area (Å²) in [6, 6.07) is 7.89. The predicted molar refractivity (Wildman–Crippen MR) is 61.9 cm³/mol. The number of benzene rings is 1. The Hall–Kier alpha value is -1.94. The molecule has 0 atom stereocenters. The molecule has 1 aromatic carbocycles. The topological polar surface area (TPSA) is 61.0 Å². The molecule has 4 heteroatoms. The Labute approximate surface area is 94.1 Å². The van der Waals surface area contributed by atoms with Crippen LogP contribution in [0.25, 0.3) is 11.3 Å². The van der Waals surface area contributed by atoms with E-state index in [0.29, 0.717) is 12.4 Å². The van der Waals surface area contributed by atoms with Crippen molar-refractivity contribution in [1.29, 1.82) is 0 Å². The number of nitrogens with zero attached hydrogens (tertiary/aromatic N) is 2. The van der Waals surface area contributed by atoms with Crippen LogP contribution in [0.2, 0.25) is 0 Å². The maximum atomic E-state index is 5.60. The van der Waals surface area contributed by atoms with Crippen LogP contribution in [0.15, 0.2) is 36.7 Å². The van der Waals surface area contributed by atoms with Gasteiger partial charge in [-0.05, 0) is 11.6 Å². The van der Waals surface area contributed by atoms with Gasteiger partial charge in [-0.15, -0.1) is 0 Å². The van der Waals surface area contributed by atoms with Gasteiger partial charge in [0.05, 0.1) is 7.11 Å². The predicted octanol–water partition coefficient (Wildman–Crippen LogP) is 1.61. The summed E-state index contributed by atoms with van der Waals surface area (Å²) in [4.78, 5) is 8.38. The van der Waals surface area contributed by atoms with Crippen LogP contribution in [0.1, 0.15) is 5.56 Å². The van der Waals surface area contributed by atoms with Gasteiger partial charge in [-0.25, -0.2) is 9.97 Å². The van der Waals surface area contributed by atoms with Gasteiger partial charge in [0.1, 0.15) is 5.69 Å². The molecular formula is C12H13N3O. The van der Waals surface area contributed by atoms with Gasteiger partial charge < -0.3 is 10.5 Å². The van der Waals surface area contributed by atoms with Crippen LogP contribution in [0.4, 0.5) is 0 Å². The van der Waals surface area contributed by atoms with Crippen molar-refractivity contribution in [2.75, 3.05) is 7.11 Å². The van der Waals surface area contributed by atoms with Gasteiger partial charge in [0.25, 0.3) is 0 Å². The molecule has 1 heterocycles. The Kier molecular flexibility index (Phi) is 3.12. The molecule has 82 valence electrons. The highest BCUT2D eigenvalue weighted by atomic mass is 16.5. The van der Waals surface area contributed by atoms with Crippen LogP contribution in [0.3, 0.4) is 0 Å². The van der Waals surface area contributed by atoms with E-state index in [1.54, 1.807) is 19.5 Å². The van der Waals surface area contributed by atoms with E-state index in [1.165, 1.54) is 0 Å². The average Bonchev–Trinajstić information content (AvgIpc) is 2.38. The molecule has 0 saturated heterocycles. The van der Waals surface area contributed by atoms with Crippen molar-refractivity contribution < 1.29 is 4.74 Å². The molecule has 0 saturated carbocycles. The second kappa shape index (κ2) is 4.72. The first kappa shape index (κ1) is 10.6. The molecular weight excluding hydrogens is 202 g/mol. The number of rotatable bonds is 3. The fourth-order valence-electron chi connectivity index (χ4n) is 1.52. The third kappa shape index (κ3) is 2.01. The van der Waals surface area contributed by atoms with Crippen LogP contribution in [-0.2, 0) is 6.54 Å². The molecule has 0 fully saturated rings. The molecule has 0 amide bonds. The highest BCUT2D eigenvalue weighted by Gasteiger charge is 2.07. The van der Waals surface area contributed by atoms with Crippen molar-refractivity contribution in [3.63, 3.8) is 0 Å². The lowest BCUT2D eigenvalue weighted by Crippen LogP contribution is -1.97. The van der Waals surface area contributed by atoms with Crippen molar-refractivity contribution in [2.45, 2.75) is 6.54 Å². The summed E-state index contributed by atoms with van der Waals surface area (Å²) in [5, 5.41) is 0. The molecule has 0 aliphatic heterocycles. The quantitative estimate of drug-likeness (QED) is 0.845. The Bertz CT molecular complexity index is 485. The van der Waals surface area contributed by atoms with E-state index in [2.05, 4.69) is 9.97 Å². The van der Waals surface area contributed by atoms with Crippen molar-refractivity contribution in [2.24, 2.45) is 5.73 Å². The minimum Gasteiger partial charge on any atom is -0.479 e. The number of hydrogen-bond acceptors (Lipinski definition) is 4. The average molecular weight is 215 g/mol. The van der Waals surface area contributed by atoms with Crippen LogP contribution >= 0.6 is 0 Å². The third-order valence-corrected chi connectivity index (χ3v) is 2.29. The molecule has 0 unspecified atom stereocenters.